The molecule has 34 heavy (non-hydrogen) atoms. The zero-order chi connectivity index (χ0) is 27.5. The number of hydrogen-bond donors (Lipinski definition) is 3. The Balaban J connectivity index is 0. The summed E-state index contributed by atoms with van der Waals surface area (Å²) in [6.07, 6.45) is 0. The lowest BCUT2D eigenvalue weighted by Gasteiger charge is -1.99. The van der Waals surface area contributed by atoms with Gasteiger partial charge in [0.25, 0.3) is 28.9 Å². The molecular weight excluding hydrogens is 707 g/mol. The number of nitro benzene ring substituents is 1. The van der Waals surface area contributed by atoms with Crippen molar-refractivity contribution < 1.29 is 49.6 Å². The molecule has 0 aliphatic rings. The van der Waals surface area contributed by atoms with E-state index in [0.29, 0.717) is 4.47 Å². The van der Waals surface area contributed by atoms with Gasteiger partial charge in [-0.1, -0.05) is 12.1 Å². The highest BCUT2D eigenvalue weighted by molar-refractivity contribution is 9.10. The maximum Gasteiger partial charge on any atom is 0.394 e. The molecule has 0 saturated heterocycles. The summed E-state index contributed by atoms with van der Waals surface area (Å²) >= 11 is 6.00. The number of non-ortho nitro benzene ring substituents is 1. The average molecular weight is 717 g/mol. The molecule has 15 nitrogen and oxygen atoms in total. The van der Waals surface area contributed by atoms with E-state index in [1.807, 2.05) is 0 Å². The highest BCUT2D eigenvalue weighted by Gasteiger charge is 2.18. The minimum atomic E-state index is -4.67. The molecule has 2 aromatic carbocycles. The third-order valence-electron chi connectivity index (χ3n) is 2.49. The summed E-state index contributed by atoms with van der Waals surface area (Å²) in [6.45, 7) is 0. The molecule has 0 unspecified atom stereocenters. The largest absolute Gasteiger partial charge is 0.394 e. The Morgan fingerprint density at radius 2 is 1.12 bits per heavy atom. The van der Waals surface area contributed by atoms with Crippen molar-refractivity contribution in [2.75, 3.05) is 0 Å². The van der Waals surface area contributed by atoms with Gasteiger partial charge < -0.3 is 5.21 Å². The van der Waals surface area contributed by atoms with E-state index in [4.69, 9.17) is 54.2 Å². The van der Waals surface area contributed by atoms with Gasteiger partial charge in [0.15, 0.2) is 0 Å². The number of benzene rings is 2. The van der Waals surface area contributed by atoms with Crippen LogP contribution < -0.4 is 0 Å². The number of halogens is 4. The number of hydrogen-bond acceptors (Lipinski definition) is 10. The maximum atomic E-state index is 10.9. The molecule has 0 aliphatic carbocycles. The second-order valence-corrected chi connectivity index (χ2v) is 12.5. The Hall–Kier alpha value is -1.65. The van der Waals surface area contributed by atoms with Crippen LogP contribution in [0.4, 0.5) is 5.69 Å². The van der Waals surface area contributed by atoms with E-state index in [0.717, 1.165) is 6.07 Å². The van der Waals surface area contributed by atoms with Crippen LogP contribution in [-0.4, -0.2) is 49.6 Å². The van der Waals surface area contributed by atoms with Gasteiger partial charge in [-0.05, 0) is 50.1 Å². The van der Waals surface area contributed by atoms with Gasteiger partial charge in [-0.15, -0.1) is 10.1 Å². The van der Waals surface area contributed by atoms with E-state index in [2.05, 4.69) is 31.9 Å². The molecular formula is C12H10Br2Cl2N2O13S3. The number of rotatable bonds is 3. The second kappa shape index (κ2) is 14.7. The van der Waals surface area contributed by atoms with Gasteiger partial charge in [0.1, 0.15) is 4.90 Å². The van der Waals surface area contributed by atoms with E-state index in [1.165, 1.54) is 18.2 Å². The van der Waals surface area contributed by atoms with Crippen molar-refractivity contribution in [2.45, 2.75) is 9.79 Å². The van der Waals surface area contributed by atoms with Crippen molar-refractivity contribution in [1.82, 2.24) is 0 Å². The predicted octanol–water partition coefficient (Wildman–Crippen LogP) is 3.66. The van der Waals surface area contributed by atoms with Crippen molar-refractivity contribution in [2.24, 2.45) is 0 Å². The van der Waals surface area contributed by atoms with Crippen molar-refractivity contribution in [3.05, 3.63) is 71.6 Å². The van der Waals surface area contributed by atoms with Crippen LogP contribution in [0, 0.1) is 20.2 Å². The second-order valence-electron chi connectivity index (χ2n) is 4.86. The van der Waals surface area contributed by atoms with Gasteiger partial charge in [0.2, 0.25) is 0 Å². The Labute approximate surface area is 217 Å². The van der Waals surface area contributed by atoms with Crippen molar-refractivity contribution in [1.29, 1.82) is 0 Å². The van der Waals surface area contributed by atoms with Gasteiger partial charge in [0, 0.05) is 42.4 Å². The molecule has 3 N–H and O–H groups in total. The fourth-order valence-corrected chi connectivity index (χ4v) is 5.70. The first-order valence-electron chi connectivity index (χ1n) is 7.18. The topological polar surface area (TPSA) is 249 Å². The first-order chi connectivity index (χ1) is 15.1. The molecule has 2 rings (SSSR count). The monoisotopic (exact) mass is 714 g/mol. The smallest absolute Gasteiger partial charge is 0.328 e. The zero-order valence-electron chi connectivity index (χ0n) is 15.6. The SMILES string of the molecule is O=S(=O)(Cl)c1ccccc1Br.O=S(=O)(O)O.O=[N+]([O-])O.O=[N+]([O-])c1ccc(Br)c(S(=O)(=O)Cl)c1. The predicted molar refractivity (Wildman–Crippen MR) is 124 cm³/mol. The standard InChI is InChI=1S/C6H3BrClNO4S.C6H4BrClO2S.HNO3.H2O4S/c7-5-2-1-4(9(10)11)3-6(5)14(8,12)13;7-5-3-1-2-4-6(5)11(8,9)10;2-1(3)4;1-5(2,3)4/h1-3H;1-4H;(H,2,3,4);(H2,1,2,3,4). The Bertz CT molecular complexity index is 1320. The molecule has 22 heteroatoms. The summed E-state index contributed by atoms with van der Waals surface area (Å²) in [5.74, 6) is 0. The molecule has 0 fully saturated rings. The molecule has 0 aromatic heterocycles. The summed E-state index contributed by atoms with van der Waals surface area (Å²) < 4.78 is 75.7. The zero-order valence-corrected chi connectivity index (χ0v) is 22.7. The van der Waals surface area contributed by atoms with Crippen LogP contribution in [0.5, 0.6) is 0 Å². The summed E-state index contributed by atoms with van der Waals surface area (Å²) in [6, 6.07) is 9.72. The van der Waals surface area contributed by atoms with Gasteiger partial charge in [-0.2, -0.15) is 8.42 Å². The third-order valence-corrected chi connectivity index (χ3v) is 7.14. The maximum absolute atomic E-state index is 10.9. The van der Waals surface area contributed by atoms with E-state index < -0.39 is 38.5 Å². The Morgan fingerprint density at radius 1 is 0.765 bits per heavy atom. The van der Waals surface area contributed by atoms with Crippen LogP contribution in [0.2, 0.25) is 0 Å². The van der Waals surface area contributed by atoms with Crippen LogP contribution in [0.3, 0.4) is 0 Å². The molecule has 192 valence electrons. The average Bonchev–Trinajstić information content (AvgIpc) is 2.59. The lowest BCUT2D eigenvalue weighted by Crippen LogP contribution is -1.95. The van der Waals surface area contributed by atoms with Crippen LogP contribution >= 0.6 is 53.2 Å². The Morgan fingerprint density at radius 3 is 1.41 bits per heavy atom. The van der Waals surface area contributed by atoms with E-state index in [1.54, 1.807) is 18.2 Å². The first-order valence-corrected chi connectivity index (χ1v) is 14.8. The minimum Gasteiger partial charge on any atom is -0.328 e. The van der Waals surface area contributed by atoms with Crippen molar-refractivity contribution >= 4 is 87.4 Å². The third kappa shape index (κ3) is 17.8. The lowest BCUT2D eigenvalue weighted by atomic mass is 10.3. The van der Waals surface area contributed by atoms with Gasteiger partial charge in [0.05, 0.1) is 9.82 Å². The molecule has 0 saturated carbocycles. The van der Waals surface area contributed by atoms with Crippen LogP contribution in [-0.2, 0) is 28.5 Å². The summed E-state index contributed by atoms with van der Waals surface area (Å²) in [7, 11) is -2.08. The van der Waals surface area contributed by atoms with Crippen LogP contribution in [0.15, 0.2) is 61.2 Å². The number of nitro groups is 1. The number of nitrogens with zero attached hydrogens (tertiary/aromatic N) is 2. The molecule has 0 radical (unpaired) electrons. The normalized spacial score (nSPS) is 10.8. The summed E-state index contributed by atoms with van der Waals surface area (Å²) in [5, 5.41) is 24.0. The fraction of sp³-hybridized carbons (Fsp3) is 0. The highest BCUT2D eigenvalue weighted by Crippen LogP contribution is 2.28. The molecule has 0 atom stereocenters. The molecule has 0 bridgehead atoms. The molecule has 0 amide bonds. The van der Waals surface area contributed by atoms with Gasteiger partial charge in [-0.3, -0.25) is 19.2 Å². The van der Waals surface area contributed by atoms with E-state index >= 15 is 0 Å². The van der Waals surface area contributed by atoms with Crippen LogP contribution in [0.25, 0.3) is 0 Å². The lowest BCUT2D eigenvalue weighted by molar-refractivity contribution is -0.742. The molecule has 2 aromatic rings. The van der Waals surface area contributed by atoms with Gasteiger partial charge >= 0.3 is 10.4 Å². The van der Waals surface area contributed by atoms with Crippen LogP contribution in [0.1, 0.15) is 0 Å². The highest BCUT2D eigenvalue weighted by atomic mass is 79.9. The van der Waals surface area contributed by atoms with Crippen molar-refractivity contribution in [3.8, 4) is 0 Å². The first kappa shape index (κ1) is 34.5. The van der Waals surface area contributed by atoms with Crippen molar-refractivity contribution in [3.63, 3.8) is 0 Å². The Kier molecular flexibility index (Phi) is 14.9. The molecule has 0 spiro atoms. The van der Waals surface area contributed by atoms with E-state index in [9.17, 15) is 26.9 Å². The summed E-state index contributed by atoms with van der Waals surface area (Å²) in [5.41, 5.74) is -0.326. The van der Waals surface area contributed by atoms with Gasteiger partial charge in [-0.25, -0.2) is 16.8 Å². The quantitative estimate of drug-likeness (QED) is 0.178. The molecule has 0 aliphatic heterocycles. The molecule has 0 heterocycles. The fourth-order valence-electron chi connectivity index (χ4n) is 1.43. The van der Waals surface area contributed by atoms with E-state index in [-0.39, 0.29) is 20.0 Å². The summed E-state index contributed by atoms with van der Waals surface area (Å²) in [4.78, 5) is 17.8. The minimum absolute atomic E-state index is 0.0988.